The second-order valence-corrected chi connectivity index (χ2v) is 6.95. The number of rotatable bonds is 5. The molecule has 1 aromatic carbocycles. The highest BCUT2D eigenvalue weighted by molar-refractivity contribution is 7.99. The van der Waals surface area contributed by atoms with Crippen LogP contribution in [0.1, 0.15) is 16.1 Å². The molecule has 3 nitrogen and oxygen atoms in total. The van der Waals surface area contributed by atoms with Crippen molar-refractivity contribution in [2.24, 2.45) is 0 Å². The van der Waals surface area contributed by atoms with Gasteiger partial charge in [0.2, 0.25) is 5.91 Å². The predicted molar refractivity (Wildman–Crippen MR) is 87.8 cm³/mol. The number of nitrogens with one attached hydrogen (secondary N) is 1. The van der Waals surface area contributed by atoms with Crippen molar-refractivity contribution in [3.8, 4) is 0 Å². The third-order valence-electron chi connectivity index (χ3n) is 2.69. The van der Waals surface area contributed by atoms with Crippen molar-refractivity contribution in [1.29, 1.82) is 0 Å². The van der Waals surface area contributed by atoms with Crippen LogP contribution in [0.25, 0.3) is 0 Å². The number of nitrogens with zero attached hydrogens (tertiary/aromatic N) is 1. The standard InChI is InChI=1S/C14H15ClN2OS2/c1-9-10(2)20-14(16-9)17-13(18)8-19-7-11-3-5-12(15)6-4-11/h3-6H,7-8H2,1-2H3,(H,16,17,18). The van der Waals surface area contributed by atoms with Crippen molar-refractivity contribution in [3.63, 3.8) is 0 Å². The molecule has 0 aliphatic rings. The molecule has 6 heteroatoms. The van der Waals surface area contributed by atoms with Crippen LogP contribution in [-0.4, -0.2) is 16.6 Å². The van der Waals surface area contributed by atoms with Crippen molar-refractivity contribution in [3.05, 3.63) is 45.4 Å². The largest absolute Gasteiger partial charge is 0.301 e. The molecule has 0 radical (unpaired) electrons. The highest BCUT2D eigenvalue weighted by Gasteiger charge is 2.08. The normalized spacial score (nSPS) is 10.6. The summed E-state index contributed by atoms with van der Waals surface area (Å²) in [5.74, 6) is 1.19. The molecule has 20 heavy (non-hydrogen) atoms. The maximum atomic E-state index is 11.8. The fourth-order valence-corrected chi connectivity index (χ4v) is 3.27. The number of aromatic nitrogens is 1. The summed E-state index contributed by atoms with van der Waals surface area (Å²) in [5.41, 5.74) is 2.13. The molecule has 0 aliphatic heterocycles. The van der Waals surface area contributed by atoms with Crippen molar-refractivity contribution >= 4 is 45.7 Å². The molecule has 1 N–H and O–H groups in total. The van der Waals surface area contributed by atoms with Crippen LogP contribution in [0, 0.1) is 13.8 Å². The Kier molecular flexibility index (Phi) is 5.46. The zero-order chi connectivity index (χ0) is 14.5. The van der Waals surface area contributed by atoms with Crippen LogP contribution in [-0.2, 0) is 10.5 Å². The Labute approximate surface area is 131 Å². The molecule has 2 rings (SSSR count). The number of halogens is 1. The van der Waals surface area contributed by atoms with E-state index in [0.29, 0.717) is 10.9 Å². The summed E-state index contributed by atoms with van der Waals surface area (Å²) >= 11 is 8.90. The molecule has 0 saturated heterocycles. The van der Waals surface area contributed by atoms with Gasteiger partial charge in [-0.1, -0.05) is 23.7 Å². The second-order valence-electron chi connectivity index (χ2n) is 4.33. The van der Waals surface area contributed by atoms with Crippen molar-refractivity contribution in [1.82, 2.24) is 4.98 Å². The van der Waals surface area contributed by atoms with Crippen LogP contribution in [0.5, 0.6) is 0 Å². The van der Waals surface area contributed by atoms with Crippen LogP contribution >= 0.6 is 34.7 Å². The Hall–Kier alpha value is -1.04. The first-order valence-corrected chi connectivity index (χ1v) is 8.45. The highest BCUT2D eigenvalue weighted by Crippen LogP contribution is 2.21. The number of anilines is 1. The Morgan fingerprint density at radius 1 is 1.35 bits per heavy atom. The molecule has 2 aromatic rings. The minimum Gasteiger partial charge on any atom is -0.301 e. The van der Waals surface area contributed by atoms with E-state index in [9.17, 15) is 4.79 Å². The van der Waals surface area contributed by atoms with Gasteiger partial charge in [-0.3, -0.25) is 4.79 Å². The zero-order valence-corrected chi connectivity index (χ0v) is 13.7. The molecule has 0 saturated carbocycles. The summed E-state index contributed by atoms with van der Waals surface area (Å²) in [4.78, 5) is 17.2. The number of thiazole rings is 1. The fraction of sp³-hybridized carbons (Fsp3) is 0.286. The lowest BCUT2D eigenvalue weighted by Gasteiger charge is -2.02. The van der Waals surface area contributed by atoms with Gasteiger partial charge in [0.05, 0.1) is 11.4 Å². The van der Waals surface area contributed by atoms with Gasteiger partial charge in [0.15, 0.2) is 5.13 Å². The minimum absolute atomic E-state index is 0.0160. The second kappa shape index (κ2) is 7.11. The average Bonchev–Trinajstić information content (AvgIpc) is 2.70. The lowest BCUT2D eigenvalue weighted by atomic mass is 10.2. The maximum Gasteiger partial charge on any atom is 0.236 e. The molecule has 1 aromatic heterocycles. The van der Waals surface area contributed by atoms with Gasteiger partial charge in [0, 0.05) is 15.7 Å². The van der Waals surface area contributed by atoms with Gasteiger partial charge in [0.25, 0.3) is 0 Å². The molecule has 0 spiro atoms. The van der Waals surface area contributed by atoms with Crippen LogP contribution < -0.4 is 5.32 Å². The lowest BCUT2D eigenvalue weighted by molar-refractivity contribution is -0.113. The Bertz CT molecular complexity index is 576. The lowest BCUT2D eigenvalue weighted by Crippen LogP contribution is -2.13. The van der Waals surface area contributed by atoms with Gasteiger partial charge < -0.3 is 5.32 Å². The highest BCUT2D eigenvalue weighted by atomic mass is 35.5. The van der Waals surface area contributed by atoms with Gasteiger partial charge >= 0.3 is 0 Å². The molecule has 0 bridgehead atoms. The summed E-state index contributed by atoms with van der Waals surface area (Å²) in [5, 5.41) is 4.23. The number of carbonyl (C=O) groups is 1. The molecule has 0 aliphatic carbocycles. The SMILES string of the molecule is Cc1nc(NC(=O)CSCc2ccc(Cl)cc2)sc1C. The number of hydrogen-bond acceptors (Lipinski definition) is 4. The zero-order valence-electron chi connectivity index (χ0n) is 11.3. The van der Waals surface area contributed by atoms with E-state index in [-0.39, 0.29) is 5.91 Å². The number of benzene rings is 1. The summed E-state index contributed by atoms with van der Waals surface area (Å²) in [6, 6.07) is 7.67. The molecule has 106 valence electrons. The minimum atomic E-state index is -0.0160. The van der Waals surface area contributed by atoms with E-state index >= 15 is 0 Å². The Morgan fingerprint density at radius 3 is 2.65 bits per heavy atom. The molecule has 0 fully saturated rings. The predicted octanol–water partition coefficient (Wildman–Crippen LogP) is 4.29. The number of aryl methyl sites for hydroxylation is 2. The fourth-order valence-electron chi connectivity index (χ4n) is 1.52. The molecule has 1 heterocycles. The molecular formula is C14H15ClN2OS2. The van der Waals surface area contributed by atoms with Crippen LogP contribution in [0.4, 0.5) is 5.13 Å². The number of carbonyl (C=O) groups excluding carboxylic acids is 1. The van der Waals surface area contributed by atoms with E-state index < -0.39 is 0 Å². The first-order chi connectivity index (χ1) is 9.54. The number of thioether (sulfide) groups is 1. The van der Waals surface area contributed by atoms with Crippen LogP contribution in [0.15, 0.2) is 24.3 Å². The van der Waals surface area contributed by atoms with E-state index in [4.69, 9.17) is 11.6 Å². The Balaban J connectivity index is 1.76. The topological polar surface area (TPSA) is 42.0 Å². The monoisotopic (exact) mass is 326 g/mol. The van der Waals surface area contributed by atoms with Crippen LogP contribution in [0.3, 0.4) is 0 Å². The smallest absolute Gasteiger partial charge is 0.236 e. The first-order valence-electron chi connectivity index (χ1n) is 6.10. The van der Waals surface area contributed by atoms with Crippen molar-refractivity contribution in [2.45, 2.75) is 19.6 Å². The van der Waals surface area contributed by atoms with Gasteiger partial charge in [-0.2, -0.15) is 0 Å². The third-order valence-corrected chi connectivity index (χ3v) is 4.93. The summed E-state index contributed by atoms with van der Waals surface area (Å²) in [6.45, 7) is 3.94. The van der Waals surface area contributed by atoms with Gasteiger partial charge in [-0.05, 0) is 31.5 Å². The molecular weight excluding hydrogens is 312 g/mol. The first kappa shape index (κ1) is 15.4. The quantitative estimate of drug-likeness (QED) is 0.891. The van der Waals surface area contributed by atoms with Crippen molar-refractivity contribution in [2.75, 3.05) is 11.1 Å². The average molecular weight is 327 g/mol. The number of amides is 1. The maximum absolute atomic E-state index is 11.8. The summed E-state index contributed by atoms with van der Waals surface area (Å²) in [6.07, 6.45) is 0. The third kappa shape index (κ3) is 4.51. The van der Waals surface area contributed by atoms with Gasteiger partial charge in [-0.15, -0.1) is 23.1 Å². The van der Waals surface area contributed by atoms with Crippen molar-refractivity contribution < 1.29 is 4.79 Å². The molecule has 0 atom stereocenters. The summed E-state index contributed by atoms with van der Waals surface area (Å²) < 4.78 is 0. The number of hydrogen-bond donors (Lipinski definition) is 1. The molecule has 1 amide bonds. The van der Waals surface area contributed by atoms with Crippen LogP contribution in [0.2, 0.25) is 5.02 Å². The summed E-state index contributed by atoms with van der Waals surface area (Å²) in [7, 11) is 0. The van der Waals surface area contributed by atoms with E-state index in [0.717, 1.165) is 26.9 Å². The molecule has 0 unspecified atom stereocenters. The van der Waals surface area contributed by atoms with E-state index in [1.807, 2.05) is 38.1 Å². The van der Waals surface area contributed by atoms with E-state index in [2.05, 4.69) is 10.3 Å². The van der Waals surface area contributed by atoms with Gasteiger partial charge in [0.1, 0.15) is 0 Å². The van der Waals surface area contributed by atoms with E-state index in [1.165, 1.54) is 11.3 Å². The van der Waals surface area contributed by atoms with E-state index in [1.54, 1.807) is 11.8 Å². The van der Waals surface area contributed by atoms with Gasteiger partial charge in [-0.25, -0.2) is 4.98 Å². The Morgan fingerprint density at radius 2 is 2.05 bits per heavy atom.